The molecule has 0 aliphatic heterocycles. The molecule has 1 aromatic rings. The molecular weight excluding hydrogens is 286 g/mol. The molecule has 0 fully saturated rings. The van der Waals surface area contributed by atoms with Crippen molar-refractivity contribution in [3.63, 3.8) is 0 Å². The SMILES string of the molecule is Cc1cc(S(N)(=O)=O)c(C(C)C)cc1OC1C=CCCC1. The van der Waals surface area contributed by atoms with Gasteiger partial charge in [0.2, 0.25) is 10.0 Å². The summed E-state index contributed by atoms with van der Waals surface area (Å²) in [6.45, 7) is 5.74. The van der Waals surface area contributed by atoms with Gasteiger partial charge in [0.15, 0.2) is 0 Å². The van der Waals surface area contributed by atoms with E-state index in [9.17, 15) is 8.42 Å². The Labute approximate surface area is 127 Å². The van der Waals surface area contributed by atoms with Gasteiger partial charge in [-0.2, -0.15) is 0 Å². The summed E-state index contributed by atoms with van der Waals surface area (Å²) in [4.78, 5) is 0.196. The Hall–Kier alpha value is -1.33. The second-order valence-corrected chi connectivity index (χ2v) is 7.40. The molecule has 1 atom stereocenters. The van der Waals surface area contributed by atoms with E-state index >= 15 is 0 Å². The molecule has 0 radical (unpaired) electrons. The van der Waals surface area contributed by atoms with Crippen LogP contribution in [0, 0.1) is 6.92 Å². The third-order valence-corrected chi connectivity index (χ3v) is 4.69. The molecule has 4 nitrogen and oxygen atoms in total. The molecule has 0 spiro atoms. The van der Waals surface area contributed by atoms with Crippen LogP contribution in [0.15, 0.2) is 29.2 Å². The molecule has 1 aliphatic carbocycles. The van der Waals surface area contributed by atoms with Crippen molar-refractivity contribution in [3.05, 3.63) is 35.4 Å². The van der Waals surface area contributed by atoms with Gasteiger partial charge in [-0.15, -0.1) is 0 Å². The van der Waals surface area contributed by atoms with Gasteiger partial charge in [-0.05, 0) is 61.4 Å². The van der Waals surface area contributed by atoms with Gasteiger partial charge in [-0.25, -0.2) is 13.6 Å². The van der Waals surface area contributed by atoms with Crippen LogP contribution in [-0.4, -0.2) is 14.5 Å². The van der Waals surface area contributed by atoms with Crippen LogP contribution in [0.2, 0.25) is 0 Å². The van der Waals surface area contributed by atoms with Crippen molar-refractivity contribution < 1.29 is 13.2 Å². The van der Waals surface area contributed by atoms with Crippen molar-refractivity contribution in [3.8, 4) is 5.75 Å². The summed E-state index contributed by atoms with van der Waals surface area (Å²) in [6, 6.07) is 3.44. The lowest BCUT2D eigenvalue weighted by molar-refractivity contribution is 0.228. The van der Waals surface area contributed by atoms with E-state index in [4.69, 9.17) is 9.88 Å². The number of ether oxygens (including phenoxy) is 1. The van der Waals surface area contributed by atoms with Crippen molar-refractivity contribution >= 4 is 10.0 Å². The summed E-state index contributed by atoms with van der Waals surface area (Å²) in [5, 5.41) is 5.32. The monoisotopic (exact) mass is 309 g/mol. The molecule has 1 aromatic carbocycles. The smallest absolute Gasteiger partial charge is 0.238 e. The summed E-state index contributed by atoms with van der Waals surface area (Å²) in [5.41, 5.74) is 1.50. The summed E-state index contributed by atoms with van der Waals surface area (Å²) >= 11 is 0. The molecule has 116 valence electrons. The van der Waals surface area contributed by atoms with Gasteiger partial charge in [-0.1, -0.05) is 19.9 Å². The second kappa shape index (κ2) is 6.20. The van der Waals surface area contributed by atoms with Crippen LogP contribution in [0.1, 0.15) is 50.2 Å². The van der Waals surface area contributed by atoms with E-state index in [0.29, 0.717) is 5.56 Å². The highest BCUT2D eigenvalue weighted by Crippen LogP contribution is 2.32. The van der Waals surface area contributed by atoms with Crippen LogP contribution in [0.5, 0.6) is 5.75 Å². The zero-order valence-corrected chi connectivity index (χ0v) is 13.6. The Bertz CT molecular complexity index is 648. The zero-order valence-electron chi connectivity index (χ0n) is 12.8. The van der Waals surface area contributed by atoms with Crippen LogP contribution in [0.3, 0.4) is 0 Å². The minimum Gasteiger partial charge on any atom is -0.486 e. The fraction of sp³-hybridized carbons (Fsp3) is 0.500. The Morgan fingerprint density at radius 3 is 2.57 bits per heavy atom. The standard InChI is InChI=1S/C16H23NO3S/c1-11(2)14-10-15(20-13-7-5-4-6-8-13)12(3)9-16(14)21(17,18)19/h5,7,9-11,13H,4,6,8H2,1-3H3,(H2,17,18,19). The number of hydrogen-bond donors (Lipinski definition) is 1. The lowest BCUT2D eigenvalue weighted by atomic mass is 10.0. The molecule has 0 saturated carbocycles. The molecular formula is C16H23NO3S. The minimum atomic E-state index is -3.72. The first-order valence-electron chi connectivity index (χ1n) is 7.29. The van der Waals surface area contributed by atoms with Gasteiger partial charge in [0.25, 0.3) is 0 Å². The molecule has 1 aliphatic rings. The average molecular weight is 309 g/mol. The third-order valence-electron chi connectivity index (χ3n) is 3.72. The van der Waals surface area contributed by atoms with Crippen LogP contribution >= 0.6 is 0 Å². The highest BCUT2D eigenvalue weighted by molar-refractivity contribution is 7.89. The second-order valence-electron chi connectivity index (χ2n) is 5.87. The molecule has 1 unspecified atom stereocenters. The Morgan fingerprint density at radius 2 is 2.05 bits per heavy atom. The molecule has 2 rings (SSSR count). The number of primary sulfonamides is 1. The largest absolute Gasteiger partial charge is 0.486 e. The van der Waals surface area contributed by atoms with E-state index in [2.05, 4.69) is 12.2 Å². The average Bonchev–Trinajstić information content (AvgIpc) is 2.40. The van der Waals surface area contributed by atoms with E-state index in [-0.39, 0.29) is 16.9 Å². The number of rotatable bonds is 4. The van der Waals surface area contributed by atoms with Crippen molar-refractivity contribution in [2.75, 3.05) is 0 Å². The van der Waals surface area contributed by atoms with Crippen LogP contribution in [0.4, 0.5) is 0 Å². The Balaban J connectivity index is 2.41. The molecule has 0 saturated heterocycles. The van der Waals surface area contributed by atoms with E-state index in [1.54, 1.807) is 6.07 Å². The summed E-state index contributed by atoms with van der Waals surface area (Å²) in [5.74, 6) is 0.797. The number of aryl methyl sites for hydroxylation is 1. The first-order chi connectivity index (χ1) is 9.79. The maximum atomic E-state index is 11.7. The Kier molecular flexibility index (Phi) is 4.74. The molecule has 0 amide bonds. The molecule has 2 N–H and O–H groups in total. The highest BCUT2D eigenvalue weighted by Gasteiger charge is 2.20. The molecule has 21 heavy (non-hydrogen) atoms. The topological polar surface area (TPSA) is 69.4 Å². The zero-order chi connectivity index (χ0) is 15.6. The van der Waals surface area contributed by atoms with Gasteiger partial charge in [0, 0.05) is 0 Å². The number of allylic oxidation sites excluding steroid dienone is 1. The van der Waals surface area contributed by atoms with Gasteiger partial charge in [0.1, 0.15) is 11.9 Å². The normalized spacial score (nSPS) is 19.0. The number of nitrogens with two attached hydrogens (primary N) is 1. The van der Waals surface area contributed by atoms with Crippen molar-refractivity contribution in [1.29, 1.82) is 0 Å². The van der Waals surface area contributed by atoms with Gasteiger partial charge >= 0.3 is 0 Å². The summed E-state index contributed by atoms with van der Waals surface area (Å²) < 4.78 is 29.5. The van der Waals surface area contributed by atoms with Crippen molar-refractivity contribution in [2.24, 2.45) is 5.14 Å². The fourth-order valence-corrected chi connectivity index (χ4v) is 3.51. The van der Waals surface area contributed by atoms with Gasteiger partial charge in [-0.3, -0.25) is 0 Å². The minimum absolute atomic E-state index is 0.0585. The Morgan fingerprint density at radius 1 is 1.33 bits per heavy atom. The number of benzene rings is 1. The number of hydrogen-bond acceptors (Lipinski definition) is 3. The first-order valence-corrected chi connectivity index (χ1v) is 8.84. The summed E-state index contributed by atoms with van der Waals surface area (Å²) in [6.07, 6.45) is 7.48. The van der Waals surface area contributed by atoms with Crippen LogP contribution in [-0.2, 0) is 10.0 Å². The third kappa shape index (κ3) is 3.86. The van der Waals surface area contributed by atoms with Crippen molar-refractivity contribution in [2.45, 2.75) is 57.0 Å². The first kappa shape index (κ1) is 16.0. The van der Waals surface area contributed by atoms with E-state index in [1.165, 1.54) is 0 Å². The lowest BCUT2D eigenvalue weighted by Crippen LogP contribution is -2.18. The predicted octanol–water partition coefficient (Wildman–Crippen LogP) is 3.25. The van der Waals surface area contributed by atoms with Gasteiger partial charge < -0.3 is 4.74 Å². The number of sulfonamides is 1. The van der Waals surface area contributed by atoms with Crippen LogP contribution in [0.25, 0.3) is 0 Å². The maximum Gasteiger partial charge on any atom is 0.238 e. The quantitative estimate of drug-likeness (QED) is 0.868. The summed E-state index contributed by atoms with van der Waals surface area (Å²) in [7, 11) is -3.72. The molecule has 5 heteroatoms. The maximum absolute atomic E-state index is 11.7. The predicted molar refractivity (Wildman–Crippen MR) is 84.0 cm³/mol. The van der Waals surface area contributed by atoms with E-state index < -0.39 is 10.0 Å². The van der Waals surface area contributed by atoms with Crippen LogP contribution < -0.4 is 9.88 Å². The molecule has 0 bridgehead atoms. The van der Waals surface area contributed by atoms with Gasteiger partial charge in [0.05, 0.1) is 4.90 Å². The molecule has 0 heterocycles. The highest BCUT2D eigenvalue weighted by atomic mass is 32.2. The molecule has 0 aromatic heterocycles. The lowest BCUT2D eigenvalue weighted by Gasteiger charge is -2.22. The van der Waals surface area contributed by atoms with Crippen molar-refractivity contribution in [1.82, 2.24) is 0 Å². The van der Waals surface area contributed by atoms with E-state index in [0.717, 1.165) is 30.6 Å². The van der Waals surface area contributed by atoms with E-state index in [1.807, 2.05) is 26.8 Å². The fourth-order valence-electron chi connectivity index (χ4n) is 2.54.